The number of carbonyl (C=O) groups is 1. The highest BCUT2D eigenvalue weighted by Gasteiger charge is 2.13. The molecule has 2 heterocycles. The van der Waals surface area contributed by atoms with Crippen LogP contribution >= 0.6 is 0 Å². The van der Waals surface area contributed by atoms with Gasteiger partial charge in [0.2, 0.25) is 11.6 Å². The molecule has 1 aromatic carbocycles. The molecule has 0 bridgehead atoms. The molecule has 0 atom stereocenters. The van der Waals surface area contributed by atoms with Crippen LogP contribution in [-0.4, -0.2) is 31.6 Å². The predicted molar refractivity (Wildman–Crippen MR) is 99.3 cm³/mol. The number of fused-ring (bicyclic) bond motifs is 1. The molecule has 1 amide bonds. The van der Waals surface area contributed by atoms with E-state index < -0.39 is 17.2 Å². The summed E-state index contributed by atoms with van der Waals surface area (Å²) in [5, 5.41) is 10.8. The second kappa shape index (κ2) is 8.28. The number of aryl methyl sites for hydroxylation is 1. The summed E-state index contributed by atoms with van der Waals surface area (Å²) in [4.78, 5) is 24.4. The highest BCUT2D eigenvalue weighted by Crippen LogP contribution is 2.12. The van der Waals surface area contributed by atoms with Gasteiger partial charge in [-0.05, 0) is 24.5 Å². The third-order valence-electron chi connectivity index (χ3n) is 4.23. The van der Waals surface area contributed by atoms with Gasteiger partial charge in [-0.1, -0.05) is 13.8 Å². The summed E-state index contributed by atoms with van der Waals surface area (Å²) in [5.74, 6) is -1.10. The van der Waals surface area contributed by atoms with E-state index in [1.165, 1.54) is 16.8 Å². The Bertz CT molecular complexity index is 1060. The fourth-order valence-corrected chi connectivity index (χ4v) is 2.76. The van der Waals surface area contributed by atoms with Gasteiger partial charge in [0.15, 0.2) is 11.6 Å². The van der Waals surface area contributed by atoms with Crippen molar-refractivity contribution in [3.8, 4) is 5.69 Å². The van der Waals surface area contributed by atoms with Gasteiger partial charge in [-0.3, -0.25) is 18.6 Å². The van der Waals surface area contributed by atoms with Gasteiger partial charge in [0, 0.05) is 37.8 Å². The molecule has 0 aliphatic heterocycles. The lowest BCUT2D eigenvalue weighted by molar-refractivity contribution is -0.121. The fourth-order valence-electron chi connectivity index (χ4n) is 2.76. The first-order valence-corrected chi connectivity index (χ1v) is 9.04. The lowest BCUT2D eigenvalue weighted by atomic mass is 10.2. The minimum absolute atomic E-state index is 0.0248. The average Bonchev–Trinajstić information content (AvgIpc) is 3.07. The SMILES string of the molecule is CC(C)CNC(=O)CCCc1nnc2c(=O)n(-c3ccc(F)c(F)c3)ccn12. The van der Waals surface area contributed by atoms with Crippen LogP contribution in [0.4, 0.5) is 8.78 Å². The number of nitrogens with one attached hydrogen (secondary N) is 1. The van der Waals surface area contributed by atoms with E-state index in [1.54, 1.807) is 10.6 Å². The second-order valence-electron chi connectivity index (χ2n) is 6.93. The van der Waals surface area contributed by atoms with Crippen LogP contribution in [0.5, 0.6) is 0 Å². The first-order valence-electron chi connectivity index (χ1n) is 9.04. The smallest absolute Gasteiger partial charge is 0.300 e. The van der Waals surface area contributed by atoms with E-state index >= 15 is 0 Å². The van der Waals surface area contributed by atoms with Crippen LogP contribution in [0, 0.1) is 17.6 Å². The number of carbonyl (C=O) groups excluding carboxylic acids is 1. The number of benzene rings is 1. The Hall–Kier alpha value is -3.10. The van der Waals surface area contributed by atoms with Crippen molar-refractivity contribution < 1.29 is 13.6 Å². The van der Waals surface area contributed by atoms with Crippen molar-refractivity contribution in [1.29, 1.82) is 0 Å². The van der Waals surface area contributed by atoms with E-state index in [0.717, 1.165) is 12.1 Å². The number of halogens is 2. The first-order chi connectivity index (χ1) is 13.4. The topological polar surface area (TPSA) is 81.3 Å². The van der Waals surface area contributed by atoms with Crippen molar-refractivity contribution in [2.75, 3.05) is 6.54 Å². The average molecular weight is 389 g/mol. The van der Waals surface area contributed by atoms with Gasteiger partial charge in [0.05, 0.1) is 5.69 Å². The monoisotopic (exact) mass is 389 g/mol. The number of rotatable bonds is 7. The van der Waals surface area contributed by atoms with Gasteiger partial charge in [0.25, 0.3) is 0 Å². The summed E-state index contributed by atoms with van der Waals surface area (Å²) in [6.07, 6.45) is 4.44. The van der Waals surface area contributed by atoms with E-state index in [4.69, 9.17) is 0 Å². The van der Waals surface area contributed by atoms with Crippen LogP contribution in [0.1, 0.15) is 32.5 Å². The Balaban J connectivity index is 1.75. The van der Waals surface area contributed by atoms with E-state index in [0.29, 0.717) is 37.5 Å². The van der Waals surface area contributed by atoms with Crippen LogP contribution in [0.15, 0.2) is 35.4 Å². The summed E-state index contributed by atoms with van der Waals surface area (Å²) >= 11 is 0. The summed E-state index contributed by atoms with van der Waals surface area (Å²) in [6, 6.07) is 3.21. The maximum atomic E-state index is 13.5. The lowest BCUT2D eigenvalue weighted by Gasteiger charge is -2.08. The highest BCUT2D eigenvalue weighted by molar-refractivity contribution is 5.75. The van der Waals surface area contributed by atoms with Crippen LogP contribution in [-0.2, 0) is 11.2 Å². The van der Waals surface area contributed by atoms with Gasteiger partial charge < -0.3 is 5.32 Å². The normalized spacial score (nSPS) is 11.3. The minimum atomic E-state index is -1.04. The van der Waals surface area contributed by atoms with Crippen molar-refractivity contribution >= 4 is 11.6 Å². The number of hydrogen-bond acceptors (Lipinski definition) is 4. The zero-order chi connectivity index (χ0) is 20.3. The number of nitrogens with zero attached hydrogens (tertiary/aromatic N) is 4. The van der Waals surface area contributed by atoms with Crippen molar-refractivity contribution in [2.24, 2.45) is 5.92 Å². The van der Waals surface area contributed by atoms with Crippen LogP contribution in [0.25, 0.3) is 11.3 Å². The molecule has 3 aromatic rings. The molecule has 28 heavy (non-hydrogen) atoms. The molecule has 0 aliphatic rings. The number of hydrogen-bond donors (Lipinski definition) is 1. The zero-order valence-corrected chi connectivity index (χ0v) is 15.7. The Labute approximate surface area is 160 Å². The summed E-state index contributed by atoms with van der Waals surface area (Å²) in [7, 11) is 0. The second-order valence-corrected chi connectivity index (χ2v) is 6.93. The van der Waals surface area contributed by atoms with Gasteiger partial charge in [-0.2, -0.15) is 0 Å². The summed E-state index contributed by atoms with van der Waals surface area (Å²) in [6.45, 7) is 4.68. The maximum Gasteiger partial charge on any atom is 0.300 e. The van der Waals surface area contributed by atoms with Gasteiger partial charge in [0.1, 0.15) is 5.82 Å². The standard InChI is InChI=1S/C19H21F2N5O2/c1-12(2)11-22-17(27)5-3-4-16-23-24-18-19(28)25(8-9-26(16)18)13-6-7-14(20)15(21)10-13/h6-10,12H,3-5,11H2,1-2H3,(H,22,27). The van der Waals surface area contributed by atoms with Crippen LogP contribution in [0.3, 0.4) is 0 Å². The van der Waals surface area contributed by atoms with Gasteiger partial charge in [-0.15, -0.1) is 10.2 Å². The molecule has 0 spiro atoms. The highest BCUT2D eigenvalue weighted by atomic mass is 19.2. The largest absolute Gasteiger partial charge is 0.356 e. The molecule has 0 aliphatic carbocycles. The quantitative estimate of drug-likeness (QED) is 0.672. The van der Waals surface area contributed by atoms with Crippen molar-refractivity contribution in [2.45, 2.75) is 33.1 Å². The molecular weight excluding hydrogens is 368 g/mol. The van der Waals surface area contributed by atoms with Crippen LogP contribution < -0.4 is 10.9 Å². The third-order valence-corrected chi connectivity index (χ3v) is 4.23. The maximum absolute atomic E-state index is 13.5. The zero-order valence-electron chi connectivity index (χ0n) is 15.7. The van der Waals surface area contributed by atoms with E-state index in [1.807, 2.05) is 13.8 Å². The number of aromatic nitrogens is 4. The molecule has 1 N–H and O–H groups in total. The van der Waals surface area contributed by atoms with Gasteiger partial charge in [-0.25, -0.2) is 8.78 Å². The molecule has 7 nitrogen and oxygen atoms in total. The Kier molecular flexibility index (Phi) is 5.81. The summed E-state index contributed by atoms with van der Waals surface area (Å²) in [5.41, 5.74) is -0.230. The third kappa shape index (κ3) is 4.24. The minimum Gasteiger partial charge on any atom is -0.356 e. The Morgan fingerprint density at radius 1 is 1.18 bits per heavy atom. The molecule has 0 radical (unpaired) electrons. The molecule has 148 valence electrons. The molecule has 2 aromatic heterocycles. The van der Waals surface area contributed by atoms with Crippen molar-refractivity contribution in [1.82, 2.24) is 24.5 Å². The molecule has 0 unspecified atom stereocenters. The summed E-state index contributed by atoms with van der Waals surface area (Å²) < 4.78 is 29.3. The molecule has 9 heteroatoms. The van der Waals surface area contributed by atoms with Crippen LogP contribution in [0.2, 0.25) is 0 Å². The van der Waals surface area contributed by atoms with E-state index in [9.17, 15) is 18.4 Å². The fraction of sp³-hybridized carbons (Fsp3) is 0.368. The lowest BCUT2D eigenvalue weighted by Crippen LogP contribution is -2.27. The number of amides is 1. The molecule has 0 fully saturated rings. The van der Waals surface area contributed by atoms with E-state index in [2.05, 4.69) is 15.5 Å². The van der Waals surface area contributed by atoms with Crippen molar-refractivity contribution in [3.05, 3.63) is 58.4 Å². The molecule has 3 rings (SSSR count). The Morgan fingerprint density at radius 3 is 2.68 bits per heavy atom. The molecule has 0 saturated heterocycles. The van der Waals surface area contributed by atoms with Crippen molar-refractivity contribution in [3.63, 3.8) is 0 Å². The molecular formula is C19H21F2N5O2. The first kappa shape index (κ1) is 19.7. The predicted octanol–water partition coefficient (Wildman–Crippen LogP) is 2.25. The Morgan fingerprint density at radius 2 is 1.96 bits per heavy atom. The van der Waals surface area contributed by atoms with E-state index in [-0.39, 0.29) is 17.2 Å². The van der Waals surface area contributed by atoms with Gasteiger partial charge >= 0.3 is 5.56 Å². The molecule has 0 saturated carbocycles.